The average Bonchev–Trinajstić information content (AvgIpc) is 2.25. The quantitative estimate of drug-likeness (QED) is 0.734. The van der Waals surface area contributed by atoms with Gasteiger partial charge in [-0.05, 0) is 63.9 Å². The fourth-order valence-corrected chi connectivity index (χ4v) is 2.18. The van der Waals surface area contributed by atoms with E-state index in [1.54, 1.807) is 0 Å². The van der Waals surface area contributed by atoms with Crippen LogP contribution in [0.2, 0.25) is 0 Å². The van der Waals surface area contributed by atoms with E-state index in [1.165, 1.54) is 37.2 Å². The van der Waals surface area contributed by atoms with Gasteiger partial charge in [0.2, 0.25) is 0 Å². The molecule has 2 heterocycles. The summed E-state index contributed by atoms with van der Waals surface area (Å²) >= 11 is 0. The molecule has 1 aromatic heterocycles. The van der Waals surface area contributed by atoms with Crippen LogP contribution < -0.4 is 0 Å². The Hall–Kier alpha value is -0.890. The van der Waals surface area contributed by atoms with E-state index in [2.05, 4.69) is 36.0 Å². The lowest BCUT2D eigenvalue weighted by Crippen LogP contribution is -2.31. The molecule has 82 valence electrons. The Labute approximate surface area is 92.3 Å². The van der Waals surface area contributed by atoms with Crippen molar-refractivity contribution < 1.29 is 0 Å². The molecule has 1 fully saturated rings. The zero-order valence-corrected chi connectivity index (χ0v) is 9.74. The Balaban J connectivity index is 1.89. The van der Waals surface area contributed by atoms with Crippen LogP contribution in [0.5, 0.6) is 0 Å². The Morgan fingerprint density at radius 3 is 2.67 bits per heavy atom. The summed E-state index contributed by atoms with van der Waals surface area (Å²) in [5.41, 5.74) is 2.51. The van der Waals surface area contributed by atoms with Crippen LogP contribution in [-0.4, -0.2) is 30.0 Å². The maximum Gasteiger partial charge on any atom is 0.0406 e. The second kappa shape index (κ2) is 4.75. The van der Waals surface area contributed by atoms with Gasteiger partial charge in [-0.2, -0.15) is 0 Å². The van der Waals surface area contributed by atoms with Crippen molar-refractivity contribution in [2.24, 2.45) is 5.92 Å². The first-order valence-corrected chi connectivity index (χ1v) is 5.84. The highest BCUT2D eigenvalue weighted by atomic mass is 15.1. The second-order valence-corrected chi connectivity index (χ2v) is 4.78. The van der Waals surface area contributed by atoms with E-state index < -0.39 is 0 Å². The second-order valence-electron chi connectivity index (χ2n) is 4.78. The summed E-state index contributed by atoms with van der Waals surface area (Å²) in [6.07, 6.45) is 5.79. The number of rotatable bonds is 2. The first kappa shape index (κ1) is 10.6. The third-order valence-corrected chi connectivity index (χ3v) is 3.31. The Morgan fingerprint density at radius 2 is 2.07 bits per heavy atom. The number of hydrogen-bond donors (Lipinski definition) is 0. The number of piperidine rings is 1. The summed E-state index contributed by atoms with van der Waals surface area (Å²) in [5, 5.41) is 0. The maximum atomic E-state index is 4.48. The Morgan fingerprint density at radius 1 is 1.33 bits per heavy atom. The lowest BCUT2D eigenvalue weighted by molar-refractivity contribution is 0.218. The molecule has 0 aliphatic carbocycles. The molecule has 1 aliphatic rings. The van der Waals surface area contributed by atoms with E-state index in [0.717, 1.165) is 12.3 Å². The molecule has 0 atom stereocenters. The van der Waals surface area contributed by atoms with Gasteiger partial charge < -0.3 is 4.90 Å². The van der Waals surface area contributed by atoms with E-state index in [4.69, 9.17) is 0 Å². The molecule has 0 radical (unpaired) electrons. The topological polar surface area (TPSA) is 16.1 Å². The lowest BCUT2D eigenvalue weighted by Gasteiger charge is -2.28. The molecule has 1 aliphatic heterocycles. The van der Waals surface area contributed by atoms with E-state index >= 15 is 0 Å². The maximum absolute atomic E-state index is 4.48. The zero-order valence-electron chi connectivity index (χ0n) is 9.74. The molecular weight excluding hydrogens is 184 g/mol. The highest BCUT2D eigenvalue weighted by molar-refractivity contribution is 5.12. The van der Waals surface area contributed by atoms with Crippen molar-refractivity contribution in [2.45, 2.75) is 26.2 Å². The van der Waals surface area contributed by atoms with Crippen molar-refractivity contribution >= 4 is 0 Å². The van der Waals surface area contributed by atoms with Crippen LogP contribution in [-0.2, 0) is 6.42 Å². The fourth-order valence-electron chi connectivity index (χ4n) is 2.18. The van der Waals surface area contributed by atoms with E-state index in [0.29, 0.717) is 0 Å². The molecule has 2 nitrogen and oxygen atoms in total. The number of pyridine rings is 1. The number of likely N-dealkylation sites (tertiary alicyclic amines) is 1. The van der Waals surface area contributed by atoms with Crippen molar-refractivity contribution in [2.75, 3.05) is 20.1 Å². The van der Waals surface area contributed by atoms with Gasteiger partial charge >= 0.3 is 0 Å². The summed E-state index contributed by atoms with van der Waals surface area (Å²) in [6, 6.07) is 4.34. The zero-order chi connectivity index (χ0) is 10.7. The predicted octanol–water partition coefficient (Wildman–Crippen LogP) is 2.27. The van der Waals surface area contributed by atoms with Gasteiger partial charge in [0.1, 0.15) is 0 Å². The molecule has 2 heteroatoms. The van der Waals surface area contributed by atoms with Gasteiger partial charge in [-0.25, -0.2) is 0 Å². The molecule has 1 saturated heterocycles. The standard InChI is InChI=1S/C13H20N2/c1-11-3-4-13(14-10-11)9-12-5-7-15(2)8-6-12/h3-4,10,12H,5-9H2,1-2H3. The van der Waals surface area contributed by atoms with Gasteiger partial charge in [0.05, 0.1) is 0 Å². The minimum absolute atomic E-state index is 0.844. The third-order valence-electron chi connectivity index (χ3n) is 3.31. The first-order chi connectivity index (χ1) is 7.24. The minimum Gasteiger partial charge on any atom is -0.306 e. The SMILES string of the molecule is Cc1ccc(CC2CCN(C)CC2)nc1. The summed E-state index contributed by atoms with van der Waals surface area (Å²) in [7, 11) is 2.21. The monoisotopic (exact) mass is 204 g/mol. The van der Waals surface area contributed by atoms with Crippen molar-refractivity contribution in [1.82, 2.24) is 9.88 Å². The number of nitrogens with zero attached hydrogens (tertiary/aromatic N) is 2. The number of hydrogen-bond acceptors (Lipinski definition) is 2. The van der Waals surface area contributed by atoms with Gasteiger partial charge in [0, 0.05) is 11.9 Å². The summed E-state index contributed by atoms with van der Waals surface area (Å²) < 4.78 is 0. The first-order valence-electron chi connectivity index (χ1n) is 5.84. The fraction of sp³-hybridized carbons (Fsp3) is 0.615. The summed E-state index contributed by atoms with van der Waals surface area (Å²) in [5.74, 6) is 0.844. The Bertz CT molecular complexity index is 297. The van der Waals surface area contributed by atoms with E-state index in [-0.39, 0.29) is 0 Å². The highest BCUT2D eigenvalue weighted by Gasteiger charge is 2.17. The van der Waals surface area contributed by atoms with Crippen LogP contribution >= 0.6 is 0 Å². The van der Waals surface area contributed by atoms with Crippen LogP contribution in [0.1, 0.15) is 24.1 Å². The number of aryl methyl sites for hydroxylation is 1. The smallest absolute Gasteiger partial charge is 0.0406 e. The van der Waals surface area contributed by atoms with Crippen molar-refractivity contribution in [3.8, 4) is 0 Å². The molecule has 0 saturated carbocycles. The largest absolute Gasteiger partial charge is 0.306 e. The predicted molar refractivity (Wildman–Crippen MR) is 62.9 cm³/mol. The third kappa shape index (κ3) is 3.03. The molecular formula is C13H20N2. The van der Waals surface area contributed by atoms with Crippen LogP contribution in [0.25, 0.3) is 0 Å². The molecule has 2 rings (SSSR count). The Kier molecular flexibility index (Phi) is 3.37. The molecule has 0 aromatic carbocycles. The van der Waals surface area contributed by atoms with Crippen LogP contribution in [0.4, 0.5) is 0 Å². The molecule has 15 heavy (non-hydrogen) atoms. The normalized spacial score (nSPS) is 19.3. The molecule has 0 spiro atoms. The van der Waals surface area contributed by atoms with E-state index in [9.17, 15) is 0 Å². The van der Waals surface area contributed by atoms with Crippen LogP contribution in [0.3, 0.4) is 0 Å². The molecule has 0 bridgehead atoms. The van der Waals surface area contributed by atoms with Gasteiger partial charge in [-0.15, -0.1) is 0 Å². The van der Waals surface area contributed by atoms with Crippen LogP contribution in [0, 0.1) is 12.8 Å². The van der Waals surface area contributed by atoms with Gasteiger partial charge in [-0.3, -0.25) is 4.98 Å². The van der Waals surface area contributed by atoms with Crippen LogP contribution in [0.15, 0.2) is 18.3 Å². The van der Waals surface area contributed by atoms with Crippen molar-refractivity contribution in [3.63, 3.8) is 0 Å². The minimum atomic E-state index is 0.844. The number of aromatic nitrogens is 1. The highest BCUT2D eigenvalue weighted by Crippen LogP contribution is 2.19. The lowest BCUT2D eigenvalue weighted by atomic mass is 9.92. The van der Waals surface area contributed by atoms with Gasteiger partial charge in [0.15, 0.2) is 0 Å². The summed E-state index contributed by atoms with van der Waals surface area (Å²) in [4.78, 5) is 6.89. The van der Waals surface area contributed by atoms with Gasteiger partial charge in [-0.1, -0.05) is 6.07 Å². The average molecular weight is 204 g/mol. The van der Waals surface area contributed by atoms with E-state index in [1.807, 2.05) is 6.20 Å². The van der Waals surface area contributed by atoms with Crippen molar-refractivity contribution in [3.05, 3.63) is 29.6 Å². The molecule has 0 amide bonds. The molecule has 0 N–H and O–H groups in total. The van der Waals surface area contributed by atoms with Gasteiger partial charge in [0.25, 0.3) is 0 Å². The van der Waals surface area contributed by atoms with Crippen molar-refractivity contribution in [1.29, 1.82) is 0 Å². The molecule has 0 unspecified atom stereocenters. The summed E-state index contributed by atoms with van der Waals surface area (Å²) in [6.45, 7) is 4.58. The molecule has 1 aromatic rings.